The number of nitrogens with two attached hydrogens (primary N) is 1. The van der Waals surface area contributed by atoms with E-state index in [1.165, 1.54) is 0 Å². The number of para-hydroxylation sites is 1. The fourth-order valence-electron chi connectivity index (χ4n) is 3.29. The van der Waals surface area contributed by atoms with Gasteiger partial charge in [-0.3, -0.25) is 4.98 Å². The number of aliphatic hydroxyl groups is 1. The van der Waals surface area contributed by atoms with Crippen LogP contribution < -0.4 is 11.1 Å². The molecule has 25 heavy (non-hydrogen) atoms. The zero-order valence-electron chi connectivity index (χ0n) is 13.4. The van der Waals surface area contributed by atoms with Gasteiger partial charge >= 0.3 is 0 Å². The second-order valence-electron chi connectivity index (χ2n) is 6.03. The van der Waals surface area contributed by atoms with Crippen LogP contribution >= 0.6 is 0 Å². The predicted octanol–water partition coefficient (Wildman–Crippen LogP) is 2.38. The van der Waals surface area contributed by atoms with Gasteiger partial charge in [0.25, 0.3) is 0 Å². The van der Waals surface area contributed by atoms with Crippen LogP contribution in [-0.4, -0.2) is 24.3 Å². The van der Waals surface area contributed by atoms with Gasteiger partial charge < -0.3 is 16.2 Å². The number of aliphatic hydroxyl groups excluding tert-OH is 1. The summed E-state index contributed by atoms with van der Waals surface area (Å²) in [4.78, 5) is 4.69. The first-order chi connectivity index (χ1) is 12.0. The van der Waals surface area contributed by atoms with Crippen molar-refractivity contribution in [3.05, 3.63) is 53.7 Å². The van der Waals surface area contributed by atoms with E-state index in [1.54, 1.807) is 18.3 Å². The summed E-state index contributed by atoms with van der Waals surface area (Å²) in [7, 11) is -3.25. The van der Waals surface area contributed by atoms with Crippen LogP contribution in [0.3, 0.4) is 0 Å². The Morgan fingerprint density at radius 3 is 2.80 bits per heavy atom. The Bertz CT molecular complexity index is 1090. The number of hydrogen-bond acceptors (Lipinski definition) is 6. The third-order valence-electron chi connectivity index (χ3n) is 4.53. The maximum atomic E-state index is 12.2. The quantitative estimate of drug-likeness (QED) is 0.666. The van der Waals surface area contributed by atoms with Gasteiger partial charge in [0.15, 0.2) is 9.84 Å². The van der Waals surface area contributed by atoms with Gasteiger partial charge in [0, 0.05) is 16.6 Å². The number of nitrogens with zero attached hydrogens (tertiary/aromatic N) is 1. The van der Waals surface area contributed by atoms with Crippen LogP contribution in [0.2, 0.25) is 0 Å². The molecule has 0 amide bonds. The van der Waals surface area contributed by atoms with Crippen molar-refractivity contribution in [1.82, 2.24) is 4.98 Å². The maximum Gasteiger partial charge on any atom is 0.179 e. The highest BCUT2D eigenvalue weighted by Gasteiger charge is 2.29. The zero-order valence-corrected chi connectivity index (χ0v) is 14.2. The third kappa shape index (κ3) is 2.52. The summed E-state index contributed by atoms with van der Waals surface area (Å²) >= 11 is 0. The zero-order chi connectivity index (χ0) is 17.6. The van der Waals surface area contributed by atoms with Crippen LogP contribution in [0, 0.1) is 0 Å². The molecule has 3 aromatic rings. The first kappa shape index (κ1) is 15.9. The van der Waals surface area contributed by atoms with Crippen molar-refractivity contribution in [2.45, 2.75) is 17.9 Å². The van der Waals surface area contributed by atoms with Crippen molar-refractivity contribution in [3.63, 3.8) is 0 Å². The van der Waals surface area contributed by atoms with E-state index in [4.69, 9.17) is 5.73 Å². The molecule has 0 radical (unpaired) electrons. The average molecular weight is 355 g/mol. The molecule has 0 fully saturated rings. The molecule has 0 atom stereocenters. The monoisotopic (exact) mass is 355 g/mol. The number of nitrogen functional groups attached to an aromatic ring is 1. The molecule has 0 saturated carbocycles. The summed E-state index contributed by atoms with van der Waals surface area (Å²) in [5, 5.41) is 13.5. The fraction of sp³-hybridized carbons (Fsp3) is 0.167. The summed E-state index contributed by atoms with van der Waals surface area (Å²) in [5.41, 5.74) is 10.1. The number of anilines is 3. The van der Waals surface area contributed by atoms with Gasteiger partial charge in [-0.25, -0.2) is 8.42 Å². The molecule has 0 saturated heterocycles. The van der Waals surface area contributed by atoms with E-state index in [9.17, 15) is 13.5 Å². The highest BCUT2D eigenvalue weighted by atomic mass is 32.2. The van der Waals surface area contributed by atoms with Crippen LogP contribution in [0.5, 0.6) is 0 Å². The second kappa shape index (κ2) is 5.72. The van der Waals surface area contributed by atoms with E-state index in [0.717, 1.165) is 22.2 Å². The van der Waals surface area contributed by atoms with Gasteiger partial charge in [0.1, 0.15) is 0 Å². The number of sulfone groups is 1. The lowest BCUT2D eigenvalue weighted by molar-refractivity contribution is 0.282. The second-order valence-corrected chi connectivity index (χ2v) is 8.11. The minimum atomic E-state index is -3.25. The summed E-state index contributed by atoms with van der Waals surface area (Å²) in [6, 6.07) is 10.7. The fourth-order valence-corrected chi connectivity index (χ4v) is 4.83. The van der Waals surface area contributed by atoms with E-state index in [0.29, 0.717) is 28.2 Å². The Hall–Kier alpha value is -2.64. The summed E-state index contributed by atoms with van der Waals surface area (Å²) in [6.07, 6.45) is 2.00. The van der Waals surface area contributed by atoms with Crippen LogP contribution in [0.15, 0.2) is 47.5 Å². The Kier molecular flexibility index (Phi) is 3.63. The molecule has 0 unspecified atom stereocenters. The molecule has 128 valence electrons. The first-order valence-electron chi connectivity index (χ1n) is 7.90. The molecule has 2 heterocycles. The lowest BCUT2D eigenvalue weighted by Crippen LogP contribution is -2.03. The molecule has 0 spiro atoms. The summed E-state index contributed by atoms with van der Waals surface area (Å²) in [6.45, 7) is -0.113. The third-order valence-corrected chi connectivity index (χ3v) is 6.33. The summed E-state index contributed by atoms with van der Waals surface area (Å²) in [5.74, 6) is 0.100. The summed E-state index contributed by atoms with van der Waals surface area (Å²) < 4.78 is 24.5. The van der Waals surface area contributed by atoms with Crippen LogP contribution in [0.1, 0.15) is 11.1 Å². The number of aromatic nitrogens is 1. The van der Waals surface area contributed by atoms with Crippen LogP contribution in [0.4, 0.5) is 17.1 Å². The van der Waals surface area contributed by atoms with Crippen LogP contribution in [-0.2, 0) is 22.9 Å². The van der Waals surface area contributed by atoms with E-state index in [2.05, 4.69) is 10.3 Å². The van der Waals surface area contributed by atoms with Crippen molar-refractivity contribution < 1.29 is 13.5 Å². The minimum absolute atomic E-state index is 0.100. The normalized spacial score (nSPS) is 15.2. The maximum absolute atomic E-state index is 12.2. The van der Waals surface area contributed by atoms with Gasteiger partial charge in [0.05, 0.1) is 40.3 Å². The van der Waals surface area contributed by atoms with Crippen LogP contribution in [0.25, 0.3) is 10.9 Å². The highest BCUT2D eigenvalue weighted by molar-refractivity contribution is 7.91. The largest absolute Gasteiger partial charge is 0.396 e. The number of fused-ring (bicyclic) bond motifs is 3. The van der Waals surface area contributed by atoms with Gasteiger partial charge in [-0.1, -0.05) is 18.2 Å². The molecule has 7 heteroatoms. The Morgan fingerprint density at radius 2 is 2.00 bits per heavy atom. The first-order valence-corrected chi connectivity index (χ1v) is 9.55. The molecule has 0 aliphatic carbocycles. The van der Waals surface area contributed by atoms with Crippen molar-refractivity contribution in [3.8, 4) is 0 Å². The molecule has 4 N–H and O–H groups in total. The SMILES string of the molecule is Nc1cnc2ccc3c(c2c1Nc1ccccc1CO)CCS3(=O)=O. The van der Waals surface area contributed by atoms with Crippen molar-refractivity contribution in [2.24, 2.45) is 0 Å². The molecular weight excluding hydrogens is 338 g/mol. The number of rotatable bonds is 3. The van der Waals surface area contributed by atoms with Gasteiger partial charge in [-0.15, -0.1) is 0 Å². The van der Waals surface area contributed by atoms with Crippen molar-refractivity contribution in [1.29, 1.82) is 0 Å². The average Bonchev–Trinajstić information content (AvgIpc) is 2.92. The molecule has 2 aromatic carbocycles. The Labute approximate surface area is 145 Å². The lowest BCUT2D eigenvalue weighted by Gasteiger charge is -2.16. The smallest absolute Gasteiger partial charge is 0.179 e. The lowest BCUT2D eigenvalue weighted by atomic mass is 10.0. The molecule has 1 aromatic heterocycles. The molecule has 1 aliphatic rings. The molecule has 4 rings (SSSR count). The Balaban J connectivity index is 1.98. The predicted molar refractivity (Wildman–Crippen MR) is 97.6 cm³/mol. The van der Waals surface area contributed by atoms with Gasteiger partial charge in [-0.2, -0.15) is 0 Å². The van der Waals surface area contributed by atoms with Crippen molar-refractivity contribution in [2.75, 3.05) is 16.8 Å². The number of nitrogens with one attached hydrogen (secondary N) is 1. The highest BCUT2D eigenvalue weighted by Crippen LogP contribution is 2.39. The molecule has 6 nitrogen and oxygen atoms in total. The molecular formula is C18H17N3O3S. The standard InChI is InChI=1S/C18H17N3O3S/c19-13-9-20-15-5-6-16-12(7-8-25(16,23)24)17(15)18(13)21-14-4-2-1-3-11(14)10-22/h1-6,9,22H,7-8,10,19H2,(H,20,21). The molecule has 1 aliphatic heterocycles. The Morgan fingerprint density at radius 1 is 1.20 bits per heavy atom. The minimum Gasteiger partial charge on any atom is -0.396 e. The van der Waals surface area contributed by atoms with E-state index < -0.39 is 9.84 Å². The number of aryl methyl sites for hydroxylation is 1. The number of hydrogen-bond donors (Lipinski definition) is 3. The number of benzene rings is 2. The van der Waals surface area contributed by atoms with E-state index in [-0.39, 0.29) is 12.4 Å². The molecule has 0 bridgehead atoms. The van der Waals surface area contributed by atoms with E-state index in [1.807, 2.05) is 24.3 Å². The van der Waals surface area contributed by atoms with Crippen molar-refractivity contribution >= 4 is 37.8 Å². The van der Waals surface area contributed by atoms with Gasteiger partial charge in [0.2, 0.25) is 0 Å². The number of pyridine rings is 1. The van der Waals surface area contributed by atoms with E-state index >= 15 is 0 Å². The topological polar surface area (TPSA) is 105 Å². The van der Waals surface area contributed by atoms with Gasteiger partial charge in [-0.05, 0) is 30.2 Å².